The van der Waals surface area contributed by atoms with E-state index in [1.165, 1.54) is 16.9 Å². The molecule has 6 nitrogen and oxygen atoms in total. The standard InChI is InChI=1S/C15H16FN3O3S/c16-13-4-2-1-3-11(13)9-15(20)18-14-5-7-17-19(14)12-6-8-23(21,22)10-12/h1-5,7,12H,6,8-10H2,(H,18,20)/t12-/m1/s1. The van der Waals surface area contributed by atoms with Gasteiger partial charge in [-0.05, 0) is 18.1 Å². The van der Waals surface area contributed by atoms with E-state index in [1.807, 2.05) is 0 Å². The Morgan fingerprint density at radius 1 is 1.35 bits per heavy atom. The van der Waals surface area contributed by atoms with Gasteiger partial charge in [0, 0.05) is 6.07 Å². The van der Waals surface area contributed by atoms with Crippen LogP contribution < -0.4 is 5.32 Å². The average molecular weight is 337 g/mol. The molecule has 1 N–H and O–H groups in total. The van der Waals surface area contributed by atoms with Gasteiger partial charge >= 0.3 is 0 Å². The van der Waals surface area contributed by atoms with E-state index in [9.17, 15) is 17.6 Å². The van der Waals surface area contributed by atoms with Crippen LogP contribution in [0.1, 0.15) is 18.0 Å². The highest BCUT2D eigenvalue weighted by atomic mass is 32.2. The Kier molecular flexibility index (Phi) is 4.16. The number of hydrogen-bond acceptors (Lipinski definition) is 4. The van der Waals surface area contributed by atoms with Crippen LogP contribution in [0, 0.1) is 5.82 Å². The first-order valence-electron chi connectivity index (χ1n) is 7.22. The normalized spacial score (nSPS) is 19.6. The molecular formula is C15H16FN3O3S. The molecule has 3 rings (SSSR count). The molecule has 0 aliphatic carbocycles. The number of sulfone groups is 1. The molecule has 23 heavy (non-hydrogen) atoms. The van der Waals surface area contributed by atoms with Crippen molar-refractivity contribution in [2.24, 2.45) is 0 Å². The number of anilines is 1. The van der Waals surface area contributed by atoms with Gasteiger partial charge < -0.3 is 5.32 Å². The minimum Gasteiger partial charge on any atom is -0.311 e. The van der Waals surface area contributed by atoms with Crippen LogP contribution in [-0.2, 0) is 21.1 Å². The first-order valence-corrected chi connectivity index (χ1v) is 9.04. The van der Waals surface area contributed by atoms with Gasteiger partial charge in [-0.1, -0.05) is 18.2 Å². The number of rotatable bonds is 4. The number of nitrogens with one attached hydrogen (secondary N) is 1. The monoisotopic (exact) mass is 337 g/mol. The summed E-state index contributed by atoms with van der Waals surface area (Å²) in [6.45, 7) is 0. The third-order valence-corrected chi connectivity index (χ3v) is 5.55. The summed E-state index contributed by atoms with van der Waals surface area (Å²) in [7, 11) is -3.04. The number of amides is 1. The van der Waals surface area contributed by atoms with Crippen molar-refractivity contribution in [3.63, 3.8) is 0 Å². The number of nitrogens with zero attached hydrogens (tertiary/aromatic N) is 2. The molecule has 1 amide bonds. The van der Waals surface area contributed by atoms with Crippen LogP contribution in [0.15, 0.2) is 36.5 Å². The maximum atomic E-state index is 13.6. The number of aromatic nitrogens is 2. The van der Waals surface area contributed by atoms with Gasteiger partial charge in [0.15, 0.2) is 9.84 Å². The molecule has 1 aliphatic heterocycles. The Morgan fingerprint density at radius 2 is 2.13 bits per heavy atom. The highest BCUT2D eigenvalue weighted by molar-refractivity contribution is 7.91. The Morgan fingerprint density at radius 3 is 2.83 bits per heavy atom. The fourth-order valence-corrected chi connectivity index (χ4v) is 4.37. The number of carbonyl (C=O) groups excluding carboxylic acids is 1. The zero-order valence-corrected chi connectivity index (χ0v) is 13.1. The van der Waals surface area contributed by atoms with E-state index < -0.39 is 15.7 Å². The lowest BCUT2D eigenvalue weighted by molar-refractivity contribution is -0.115. The van der Waals surface area contributed by atoms with Crippen LogP contribution in [-0.4, -0.2) is 35.6 Å². The van der Waals surface area contributed by atoms with E-state index in [4.69, 9.17) is 0 Å². The molecule has 1 aliphatic rings. The molecule has 0 saturated carbocycles. The van der Waals surface area contributed by atoms with E-state index in [2.05, 4.69) is 10.4 Å². The van der Waals surface area contributed by atoms with E-state index in [-0.39, 0.29) is 29.9 Å². The van der Waals surface area contributed by atoms with Crippen LogP contribution in [0.3, 0.4) is 0 Å². The minimum atomic E-state index is -3.04. The summed E-state index contributed by atoms with van der Waals surface area (Å²) < 4.78 is 38.2. The van der Waals surface area contributed by atoms with Gasteiger partial charge in [0.1, 0.15) is 11.6 Å². The Labute approximate surface area is 133 Å². The van der Waals surface area contributed by atoms with Crippen LogP contribution >= 0.6 is 0 Å². The number of halogens is 1. The zero-order valence-electron chi connectivity index (χ0n) is 12.3. The Bertz CT molecular complexity index is 832. The van der Waals surface area contributed by atoms with E-state index in [0.717, 1.165) is 0 Å². The molecule has 0 radical (unpaired) electrons. The molecule has 1 atom stereocenters. The van der Waals surface area contributed by atoms with E-state index in [0.29, 0.717) is 17.8 Å². The number of carbonyl (C=O) groups is 1. The van der Waals surface area contributed by atoms with Crippen LogP contribution in [0.5, 0.6) is 0 Å². The molecule has 1 fully saturated rings. The second-order valence-electron chi connectivity index (χ2n) is 5.53. The summed E-state index contributed by atoms with van der Waals surface area (Å²) in [5, 5.41) is 6.78. The third-order valence-electron chi connectivity index (χ3n) is 3.80. The van der Waals surface area contributed by atoms with Crippen LogP contribution in [0.2, 0.25) is 0 Å². The lowest BCUT2D eigenvalue weighted by Crippen LogP contribution is -2.21. The van der Waals surface area contributed by atoms with Gasteiger partial charge in [-0.3, -0.25) is 4.79 Å². The van der Waals surface area contributed by atoms with Crippen LogP contribution in [0.25, 0.3) is 0 Å². The van der Waals surface area contributed by atoms with Crippen molar-refractivity contribution in [2.75, 3.05) is 16.8 Å². The number of benzene rings is 1. The summed E-state index contributed by atoms with van der Waals surface area (Å²) in [6, 6.07) is 7.40. The van der Waals surface area contributed by atoms with Gasteiger partial charge in [0.25, 0.3) is 0 Å². The van der Waals surface area contributed by atoms with Gasteiger partial charge in [0.05, 0.1) is 30.2 Å². The van der Waals surface area contributed by atoms with Crippen molar-refractivity contribution in [2.45, 2.75) is 18.9 Å². The summed E-state index contributed by atoms with van der Waals surface area (Å²) in [4.78, 5) is 12.1. The average Bonchev–Trinajstić information content (AvgIpc) is 3.07. The molecule has 1 aromatic heterocycles. The van der Waals surface area contributed by atoms with Crippen molar-refractivity contribution in [1.29, 1.82) is 0 Å². The van der Waals surface area contributed by atoms with Crippen molar-refractivity contribution in [3.8, 4) is 0 Å². The second kappa shape index (κ2) is 6.11. The molecule has 2 aromatic rings. The van der Waals surface area contributed by atoms with Crippen molar-refractivity contribution >= 4 is 21.6 Å². The summed E-state index contributed by atoms with van der Waals surface area (Å²) in [6.07, 6.45) is 1.88. The Balaban J connectivity index is 1.71. The molecule has 1 saturated heterocycles. The minimum absolute atomic E-state index is 0.0187. The van der Waals surface area contributed by atoms with Crippen molar-refractivity contribution < 1.29 is 17.6 Å². The van der Waals surface area contributed by atoms with E-state index in [1.54, 1.807) is 24.3 Å². The molecular weight excluding hydrogens is 321 g/mol. The van der Waals surface area contributed by atoms with Crippen molar-refractivity contribution in [1.82, 2.24) is 9.78 Å². The molecule has 2 heterocycles. The zero-order chi connectivity index (χ0) is 16.4. The van der Waals surface area contributed by atoms with Gasteiger partial charge in [-0.2, -0.15) is 5.10 Å². The first kappa shape index (κ1) is 15.7. The van der Waals surface area contributed by atoms with Crippen LogP contribution in [0.4, 0.5) is 10.2 Å². The lowest BCUT2D eigenvalue weighted by Gasteiger charge is -2.13. The highest BCUT2D eigenvalue weighted by Crippen LogP contribution is 2.26. The first-order chi connectivity index (χ1) is 10.9. The maximum absolute atomic E-state index is 13.6. The summed E-state index contributed by atoms with van der Waals surface area (Å²) >= 11 is 0. The maximum Gasteiger partial charge on any atom is 0.230 e. The van der Waals surface area contributed by atoms with E-state index >= 15 is 0 Å². The highest BCUT2D eigenvalue weighted by Gasteiger charge is 2.31. The molecule has 0 bridgehead atoms. The summed E-state index contributed by atoms with van der Waals surface area (Å²) in [5.74, 6) is -0.241. The van der Waals surface area contributed by atoms with Gasteiger partial charge in [-0.15, -0.1) is 0 Å². The second-order valence-corrected chi connectivity index (χ2v) is 7.76. The largest absolute Gasteiger partial charge is 0.311 e. The topological polar surface area (TPSA) is 81.1 Å². The third kappa shape index (κ3) is 3.58. The predicted molar refractivity (Wildman–Crippen MR) is 83.3 cm³/mol. The SMILES string of the molecule is O=C(Cc1ccccc1F)Nc1ccnn1[C@@H]1CCS(=O)(=O)C1. The Hall–Kier alpha value is -2.22. The molecule has 0 spiro atoms. The molecule has 8 heteroatoms. The fraction of sp³-hybridized carbons (Fsp3) is 0.333. The van der Waals surface area contributed by atoms with Crippen molar-refractivity contribution in [3.05, 3.63) is 47.9 Å². The smallest absolute Gasteiger partial charge is 0.230 e. The van der Waals surface area contributed by atoms with Gasteiger partial charge in [0.2, 0.25) is 5.91 Å². The molecule has 0 unspecified atom stereocenters. The number of hydrogen-bond donors (Lipinski definition) is 1. The quantitative estimate of drug-likeness (QED) is 0.918. The molecule has 1 aromatic carbocycles. The molecule has 122 valence electrons. The predicted octanol–water partition coefficient (Wildman–Crippen LogP) is 1.56. The fourth-order valence-electron chi connectivity index (χ4n) is 2.67. The lowest BCUT2D eigenvalue weighted by atomic mass is 10.1. The summed E-state index contributed by atoms with van der Waals surface area (Å²) in [5.41, 5.74) is 0.305. The van der Waals surface area contributed by atoms with Gasteiger partial charge in [-0.25, -0.2) is 17.5 Å².